The van der Waals surface area contributed by atoms with E-state index in [0.717, 1.165) is 12.8 Å². The van der Waals surface area contributed by atoms with Crippen LogP contribution in [0.4, 0.5) is 5.95 Å². The summed E-state index contributed by atoms with van der Waals surface area (Å²) in [6.07, 6.45) is 5.90. The highest BCUT2D eigenvalue weighted by molar-refractivity contribution is 8.00. The predicted molar refractivity (Wildman–Crippen MR) is 71.1 cm³/mol. The number of H-pyrrole nitrogens is 1. The number of hydrogen-bond donors (Lipinski definition) is 3. The van der Waals surface area contributed by atoms with Crippen LogP contribution in [-0.2, 0) is 4.79 Å². The lowest BCUT2D eigenvalue weighted by molar-refractivity contribution is -0.121. The Hall–Kier alpha value is -1.24. The highest BCUT2D eigenvalue weighted by Crippen LogP contribution is 2.21. The molecule has 100 valence electrons. The van der Waals surface area contributed by atoms with Gasteiger partial charge in [-0.2, -0.15) is 4.98 Å². The van der Waals surface area contributed by atoms with Crippen molar-refractivity contribution in [2.75, 3.05) is 5.73 Å². The zero-order chi connectivity index (χ0) is 13.0. The lowest BCUT2D eigenvalue weighted by Gasteiger charge is -2.24. The van der Waals surface area contributed by atoms with Crippen LogP contribution in [0.1, 0.15) is 39.0 Å². The van der Waals surface area contributed by atoms with Crippen molar-refractivity contribution in [1.29, 1.82) is 0 Å². The number of hydrogen-bond acceptors (Lipinski definition) is 5. The highest BCUT2D eigenvalue weighted by atomic mass is 32.2. The molecule has 1 unspecified atom stereocenters. The van der Waals surface area contributed by atoms with Gasteiger partial charge in [-0.15, -0.1) is 5.10 Å². The summed E-state index contributed by atoms with van der Waals surface area (Å²) in [5.74, 6) is 0.327. The molecule has 1 saturated carbocycles. The van der Waals surface area contributed by atoms with Gasteiger partial charge in [-0.3, -0.25) is 4.79 Å². The number of nitrogens with zero attached hydrogens (tertiary/aromatic N) is 2. The highest BCUT2D eigenvalue weighted by Gasteiger charge is 2.21. The van der Waals surface area contributed by atoms with Crippen LogP contribution in [0.25, 0.3) is 0 Å². The van der Waals surface area contributed by atoms with E-state index in [-0.39, 0.29) is 17.1 Å². The molecule has 1 amide bonds. The molecule has 1 atom stereocenters. The van der Waals surface area contributed by atoms with Gasteiger partial charge in [0.15, 0.2) is 0 Å². The van der Waals surface area contributed by atoms with Gasteiger partial charge in [0.1, 0.15) is 0 Å². The number of nitrogen functional groups attached to an aromatic ring is 1. The molecule has 1 fully saturated rings. The largest absolute Gasteiger partial charge is 0.368 e. The van der Waals surface area contributed by atoms with E-state index >= 15 is 0 Å². The maximum absolute atomic E-state index is 12.0. The van der Waals surface area contributed by atoms with Gasteiger partial charge in [-0.1, -0.05) is 31.0 Å². The Bertz CT molecular complexity index is 402. The van der Waals surface area contributed by atoms with Gasteiger partial charge in [0.05, 0.1) is 5.25 Å². The molecule has 2 rings (SSSR count). The average Bonchev–Trinajstić information content (AvgIpc) is 2.76. The van der Waals surface area contributed by atoms with Crippen LogP contribution in [0.5, 0.6) is 0 Å². The van der Waals surface area contributed by atoms with Gasteiger partial charge in [-0.05, 0) is 19.8 Å². The van der Waals surface area contributed by atoms with Crippen molar-refractivity contribution < 1.29 is 4.79 Å². The van der Waals surface area contributed by atoms with Crippen LogP contribution in [-0.4, -0.2) is 32.4 Å². The first-order chi connectivity index (χ1) is 8.65. The number of nitrogens with two attached hydrogens (primary N) is 1. The van der Waals surface area contributed by atoms with Crippen molar-refractivity contribution in [3.05, 3.63) is 0 Å². The predicted octanol–water partition coefficient (Wildman–Crippen LogP) is 1.32. The van der Waals surface area contributed by atoms with Gasteiger partial charge >= 0.3 is 0 Å². The smallest absolute Gasteiger partial charge is 0.233 e. The van der Waals surface area contributed by atoms with Crippen LogP contribution < -0.4 is 11.1 Å². The van der Waals surface area contributed by atoms with E-state index in [4.69, 9.17) is 5.73 Å². The summed E-state index contributed by atoms with van der Waals surface area (Å²) in [5, 5.41) is 9.86. The molecule has 1 heterocycles. The zero-order valence-corrected chi connectivity index (χ0v) is 11.3. The third kappa shape index (κ3) is 3.63. The van der Waals surface area contributed by atoms with Crippen LogP contribution in [0, 0.1) is 0 Å². The minimum Gasteiger partial charge on any atom is -0.368 e. The second-order valence-electron chi connectivity index (χ2n) is 4.61. The number of anilines is 1. The maximum Gasteiger partial charge on any atom is 0.233 e. The van der Waals surface area contributed by atoms with E-state index in [2.05, 4.69) is 20.5 Å². The number of carbonyl (C=O) groups is 1. The standard InChI is InChI=1S/C11H19N5OS/c1-7(18-11-14-10(12)15-16-11)9(17)13-8-5-3-2-4-6-8/h7-8H,2-6H2,1H3,(H,13,17)(H3,12,14,15,16). The molecule has 0 saturated heterocycles. The van der Waals surface area contributed by atoms with E-state index < -0.39 is 0 Å². The van der Waals surface area contributed by atoms with Crippen molar-refractivity contribution in [2.24, 2.45) is 0 Å². The Morgan fingerprint density at radius 3 is 2.83 bits per heavy atom. The molecule has 6 nitrogen and oxygen atoms in total. The molecule has 18 heavy (non-hydrogen) atoms. The maximum atomic E-state index is 12.0. The van der Waals surface area contributed by atoms with Gasteiger partial charge in [-0.25, -0.2) is 5.10 Å². The van der Waals surface area contributed by atoms with E-state index in [1.807, 2.05) is 6.92 Å². The Balaban J connectivity index is 1.80. The molecule has 0 bridgehead atoms. The third-order valence-corrected chi connectivity index (χ3v) is 4.05. The quantitative estimate of drug-likeness (QED) is 0.716. The van der Waals surface area contributed by atoms with E-state index in [9.17, 15) is 4.79 Å². The van der Waals surface area contributed by atoms with E-state index in [1.54, 1.807) is 0 Å². The number of thioether (sulfide) groups is 1. The topological polar surface area (TPSA) is 96.7 Å². The van der Waals surface area contributed by atoms with Crippen molar-refractivity contribution in [2.45, 2.75) is 55.5 Å². The minimum absolute atomic E-state index is 0.0512. The Morgan fingerprint density at radius 1 is 1.50 bits per heavy atom. The van der Waals surface area contributed by atoms with Crippen LogP contribution in [0.15, 0.2) is 5.16 Å². The number of aromatic nitrogens is 3. The lowest BCUT2D eigenvalue weighted by atomic mass is 9.95. The van der Waals surface area contributed by atoms with Gasteiger partial charge in [0.2, 0.25) is 17.0 Å². The fourth-order valence-electron chi connectivity index (χ4n) is 2.09. The normalized spacial score (nSPS) is 18.5. The molecular weight excluding hydrogens is 250 g/mol. The first-order valence-electron chi connectivity index (χ1n) is 6.30. The molecule has 0 radical (unpaired) electrons. The second-order valence-corrected chi connectivity index (χ2v) is 5.91. The molecule has 1 aliphatic carbocycles. The fraction of sp³-hybridized carbons (Fsp3) is 0.727. The van der Waals surface area contributed by atoms with Crippen LogP contribution in [0.3, 0.4) is 0 Å². The number of nitrogens with one attached hydrogen (secondary N) is 2. The summed E-state index contributed by atoms with van der Waals surface area (Å²) in [4.78, 5) is 16.0. The SMILES string of the molecule is CC(Sc1n[nH]c(N)n1)C(=O)NC1CCCCC1. The molecule has 4 N–H and O–H groups in total. The summed E-state index contributed by atoms with van der Waals surface area (Å²) in [5.41, 5.74) is 5.44. The second kappa shape index (κ2) is 6.08. The average molecular weight is 269 g/mol. The molecule has 1 aromatic rings. The molecule has 1 aliphatic rings. The van der Waals surface area contributed by atoms with E-state index in [1.165, 1.54) is 31.0 Å². The summed E-state index contributed by atoms with van der Waals surface area (Å²) >= 11 is 1.32. The Kier molecular flexibility index (Phi) is 4.46. The third-order valence-electron chi connectivity index (χ3n) is 3.09. The minimum atomic E-state index is -0.206. The zero-order valence-electron chi connectivity index (χ0n) is 10.5. The van der Waals surface area contributed by atoms with Gasteiger partial charge in [0, 0.05) is 6.04 Å². The molecule has 0 aromatic carbocycles. The summed E-state index contributed by atoms with van der Waals surface area (Å²) in [6.45, 7) is 1.86. The van der Waals surface area contributed by atoms with Crippen molar-refractivity contribution >= 4 is 23.6 Å². The first-order valence-corrected chi connectivity index (χ1v) is 7.18. The Labute approximate surface area is 111 Å². The summed E-state index contributed by atoms with van der Waals surface area (Å²) in [6, 6.07) is 0.339. The fourth-order valence-corrected chi connectivity index (χ4v) is 2.83. The number of rotatable bonds is 4. The van der Waals surface area contributed by atoms with Crippen LogP contribution >= 0.6 is 11.8 Å². The monoisotopic (exact) mass is 269 g/mol. The van der Waals surface area contributed by atoms with Crippen molar-refractivity contribution in [3.63, 3.8) is 0 Å². The van der Waals surface area contributed by atoms with Gasteiger partial charge in [0.25, 0.3) is 0 Å². The Morgan fingerprint density at radius 2 is 2.22 bits per heavy atom. The summed E-state index contributed by atoms with van der Waals surface area (Å²) in [7, 11) is 0. The van der Waals surface area contributed by atoms with Crippen molar-refractivity contribution in [3.8, 4) is 0 Å². The number of carbonyl (C=O) groups excluding carboxylic acids is 1. The molecular formula is C11H19N5OS. The number of aromatic amines is 1. The lowest BCUT2D eigenvalue weighted by Crippen LogP contribution is -2.40. The van der Waals surface area contributed by atoms with E-state index in [0.29, 0.717) is 11.2 Å². The first kappa shape index (κ1) is 13.2. The summed E-state index contributed by atoms with van der Waals surface area (Å²) < 4.78 is 0. The van der Waals surface area contributed by atoms with Crippen molar-refractivity contribution in [1.82, 2.24) is 20.5 Å². The molecule has 1 aromatic heterocycles. The molecule has 7 heteroatoms. The van der Waals surface area contributed by atoms with Gasteiger partial charge < -0.3 is 11.1 Å². The molecule has 0 spiro atoms. The van der Waals surface area contributed by atoms with Crippen LogP contribution in [0.2, 0.25) is 0 Å². The number of amides is 1. The molecule has 0 aliphatic heterocycles.